The van der Waals surface area contributed by atoms with Crippen LogP contribution in [0.15, 0.2) is 74.7 Å². The van der Waals surface area contributed by atoms with Gasteiger partial charge in [-0.25, -0.2) is 9.97 Å². The van der Waals surface area contributed by atoms with Crippen LogP contribution in [-0.2, 0) is 11.3 Å². The van der Waals surface area contributed by atoms with Crippen LogP contribution in [0.2, 0.25) is 0 Å². The number of para-hydroxylation sites is 3. The Kier molecular flexibility index (Phi) is 4.79. The molecule has 0 saturated heterocycles. The van der Waals surface area contributed by atoms with Gasteiger partial charge in [-0.15, -0.1) is 11.3 Å². The number of aromatic nitrogens is 2. The van der Waals surface area contributed by atoms with Gasteiger partial charge in [-0.1, -0.05) is 36.0 Å². The van der Waals surface area contributed by atoms with Crippen molar-refractivity contribution in [2.75, 3.05) is 5.75 Å². The normalized spacial score (nSPS) is 11.3. The molecule has 5 aromatic rings. The van der Waals surface area contributed by atoms with Gasteiger partial charge in [0.05, 0.1) is 22.5 Å². The molecule has 0 aliphatic heterocycles. The number of carbonyl (C=O) groups is 1. The number of thioether (sulfide) groups is 1. The lowest BCUT2D eigenvalue weighted by Crippen LogP contribution is -2.24. The molecule has 0 unspecified atom stereocenters. The smallest absolute Gasteiger partial charge is 0.257 e. The third-order valence-corrected chi connectivity index (χ3v) is 6.11. The van der Waals surface area contributed by atoms with Crippen LogP contribution in [0.4, 0.5) is 0 Å². The molecule has 1 N–H and O–H groups in total. The van der Waals surface area contributed by atoms with E-state index < -0.39 is 0 Å². The van der Waals surface area contributed by atoms with E-state index >= 15 is 0 Å². The van der Waals surface area contributed by atoms with Gasteiger partial charge in [0.1, 0.15) is 11.3 Å². The van der Waals surface area contributed by atoms with E-state index in [0.29, 0.717) is 28.9 Å². The minimum Gasteiger partial charge on any atom is -0.457 e. The van der Waals surface area contributed by atoms with Gasteiger partial charge < -0.3 is 14.2 Å². The summed E-state index contributed by atoms with van der Waals surface area (Å²) in [5.41, 5.74) is 2.46. The first-order chi connectivity index (χ1) is 14.2. The maximum atomic E-state index is 12.1. The fourth-order valence-electron chi connectivity index (χ4n) is 2.84. The molecule has 144 valence electrons. The first-order valence-electron chi connectivity index (χ1n) is 8.94. The van der Waals surface area contributed by atoms with Crippen LogP contribution < -0.4 is 5.32 Å². The lowest BCUT2D eigenvalue weighted by atomic mass is 10.3. The Balaban J connectivity index is 1.17. The highest BCUT2D eigenvalue weighted by molar-refractivity contribution is 7.99. The monoisotopic (exact) mass is 421 g/mol. The van der Waals surface area contributed by atoms with Gasteiger partial charge in [0.25, 0.3) is 5.22 Å². The number of rotatable bonds is 6. The summed E-state index contributed by atoms with van der Waals surface area (Å²) in [6.07, 6.45) is 0. The molecule has 0 aliphatic carbocycles. The van der Waals surface area contributed by atoms with Crippen molar-refractivity contribution in [3.63, 3.8) is 0 Å². The van der Waals surface area contributed by atoms with E-state index in [9.17, 15) is 4.79 Å². The largest absolute Gasteiger partial charge is 0.457 e. The molecule has 2 aromatic carbocycles. The van der Waals surface area contributed by atoms with Crippen molar-refractivity contribution in [2.24, 2.45) is 0 Å². The van der Waals surface area contributed by atoms with Gasteiger partial charge in [0, 0.05) is 0 Å². The minimum absolute atomic E-state index is 0.116. The zero-order valence-electron chi connectivity index (χ0n) is 15.1. The van der Waals surface area contributed by atoms with Gasteiger partial charge in [0.15, 0.2) is 16.4 Å². The summed E-state index contributed by atoms with van der Waals surface area (Å²) < 4.78 is 12.6. The van der Waals surface area contributed by atoms with E-state index in [0.717, 1.165) is 20.7 Å². The zero-order valence-corrected chi connectivity index (χ0v) is 16.8. The van der Waals surface area contributed by atoms with Crippen molar-refractivity contribution in [3.05, 3.63) is 66.4 Å². The van der Waals surface area contributed by atoms with Gasteiger partial charge >= 0.3 is 0 Å². The topological polar surface area (TPSA) is 81.2 Å². The number of nitrogens with one attached hydrogen (secondary N) is 1. The number of nitrogens with zero attached hydrogens (tertiary/aromatic N) is 2. The molecule has 3 heterocycles. The molecule has 0 atom stereocenters. The zero-order chi connectivity index (χ0) is 19.6. The predicted molar refractivity (Wildman–Crippen MR) is 114 cm³/mol. The van der Waals surface area contributed by atoms with Gasteiger partial charge in [0.2, 0.25) is 5.91 Å². The number of furan rings is 1. The first kappa shape index (κ1) is 18.0. The van der Waals surface area contributed by atoms with Gasteiger partial charge in [-0.05, 0) is 36.4 Å². The third-order valence-electron chi connectivity index (χ3n) is 4.23. The van der Waals surface area contributed by atoms with Crippen LogP contribution >= 0.6 is 23.1 Å². The molecule has 5 rings (SSSR count). The van der Waals surface area contributed by atoms with Crippen molar-refractivity contribution in [3.8, 4) is 10.8 Å². The third kappa shape index (κ3) is 3.90. The second kappa shape index (κ2) is 7.73. The van der Waals surface area contributed by atoms with E-state index in [1.54, 1.807) is 11.3 Å². The fourth-order valence-corrected chi connectivity index (χ4v) is 4.44. The lowest BCUT2D eigenvalue weighted by Gasteiger charge is -2.01. The Morgan fingerprint density at radius 3 is 2.66 bits per heavy atom. The average molecular weight is 422 g/mol. The van der Waals surface area contributed by atoms with Crippen LogP contribution in [-0.4, -0.2) is 21.6 Å². The predicted octanol–water partition coefficient (Wildman–Crippen LogP) is 5.11. The van der Waals surface area contributed by atoms with E-state index in [2.05, 4.69) is 15.3 Å². The summed E-state index contributed by atoms with van der Waals surface area (Å²) in [6, 6.07) is 19.2. The molecule has 8 heteroatoms. The van der Waals surface area contributed by atoms with Crippen molar-refractivity contribution in [2.45, 2.75) is 11.8 Å². The minimum atomic E-state index is -0.116. The lowest BCUT2D eigenvalue weighted by molar-refractivity contribution is -0.118. The fraction of sp³-hybridized carbons (Fsp3) is 0.0952. The summed E-state index contributed by atoms with van der Waals surface area (Å²) in [5.74, 6) is 1.49. The molecule has 3 aromatic heterocycles. The summed E-state index contributed by atoms with van der Waals surface area (Å²) in [6.45, 7) is 0.317. The average Bonchev–Trinajstić information content (AvgIpc) is 3.47. The van der Waals surface area contributed by atoms with Gasteiger partial charge in [-0.3, -0.25) is 4.79 Å². The van der Waals surface area contributed by atoms with Crippen LogP contribution in [0.25, 0.3) is 32.1 Å². The van der Waals surface area contributed by atoms with E-state index in [4.69, 9.17) is 8.83 Å². The van der Waals surface area contributed by atoms with Crippen molar-refractivity contribution in [1.29, 1.82) is 0 Å². The molecule has 0 bridgehead atoms. The van der Waals surface area contributed by atoms with Crippen molar-refractivity contribution < 1.29 is 13.6 Å². The van der Waals surface area contributed by atoms with Crippen molar-refractivity contribution in [1.82, 2.24) is 15.3 Å². The number of thiazole rings is 1. The Hall–Kier alpha value is -3.10. The first-order valence-corrected chi connectivity index (χ1v) is 10.7. The molecule has 0 spiro atoms. The molecular formula is C21H15N3O3S2. The number of amides is 1. The number of hydrogen-bond donors (Lipinski definition) is 1. The summed E-state index contributed by atoms with van der Waals surface area (Å²) in [7, 11) is 0. The molecule has 0 aliphatic rings. The highest BCUT2D eigenvalue weighted by Gasteiger charge is 2.12. The Morgan fingerprint density at radius 2 is 1.79 bits per heavy atom. The molecule has 0 fully saturated rings. The van der Waals surface area contributed by atoms with Crippen molar-refractivity contribution >= 4 is 50.3 Å². The number of benzene rings is 2. The highest BCUT2D eigenvalue weighted by atomic mass is 32.2. The molecule has 0 radical (unpaired) electrons. The molecule has 1 amide bonds. The van der Waals surface area contributed by atoms with E-state index in [1.165, 1.54) is 11.8 Å². The molecule has 0 saturated carbocycles. The number of oxazole rings is 1. The maximum absolute atomic E-state index is 12.1. The SMILES string of the molecule is O=C(CSc1nc2ccccc2o1)NCc1ccc(-c2nc3ccccc3s2)o1. The maximum Gasteiger partial charge on any atom is 0.257 e. The number of hydrogen-bond acceptors (Lipinski definition) is 7. The van der Waals surface area contributed by atoms with E-state index in [1.807, 2.05) is 60.7 Å². The Labute approximate surface area is 174 Å². The molecule has 29 heavy (non-hydrogen) atoms. The highest BCUT2D eigenvalue weighted by Crippen LogP contribution is 2.31. The van der Waals surface area contributed by atoms with Crippen LogP contribution in [0.3, 0.4) is 0 Å². The second-order valence-corrected chi connectivity index (χ2v) is 8.22. The summed E-state index contributed by atoms with van der Waals surface area (Å²) >= 11 is 2.85. The Bertz CT molecular complexity index is 1240. The quantitative estimate of drug-likeness (QED) is 0.384. The Morgan fingerprint density at radius 1 is 0.966 bits per heavy atom. The van der Waals surface area contributed by atoms with Gasteiger partial charge in [-0.2, -0.15) is 0 Å². The standard InChI is InChI=1S/C21H15N3O3S2/c25-19(12-28-21-24-14-5-1-3-7-16(14)27-21)22-11-13-9-10-17(26-13)20-23-15-6-2-4-8-18(15)29-20/h1-10H,11-12H2,(H,22,25). The second-order valence-electron chi connectivity index (χ2n) is 6.27. The van der Waals surface area contributed by atoms with E-state index in [-0.39, 0.29) is 11.7 Å². The summed E-state index contributed by atoms with van der Waals surface area (Å²) in [5, 5.41) is 4.17. The van der Waals surface area contributed by atoms with Crippen LogP contribution in [0.5, 0.6) is 0 Å². The number of fused-ring (bicyclic) bond motifs is 2. The molecular weight excluding hydrogens is 406 g/mol. The number of carbonyl (C=O) groups excluding carboxylic acids is 1. The molecule has 6 nitrogen and oxygen atoms in total. The summed E-state index contributed by atoms with van der Waals surface area (Å²) in [4.78, 5) is 21.1. The van der Waals surface area contributed by atoms with Crippen LogP contribution in [0, 0.1) is 0 Å². The van der Waals surface area contributed by atoms with Crippen LogP contribution in [0.1, 0.15) is 5.76 Å².